The molecule has 1 nitrogen and oxygen atoms in total. The molecule has 0 aromatic heterocycles. The minimum absolute atomic E-state index is 0.728. The van der Waals surface area contributed by atoms with E-state index in [9.17, 15) is 0 Å². The summed E-state index contributed by atoms with van der Waals surface area (Å²) in [4.78, 5) is 0. The maximum atomic E-state index is 5.25. The molecule has 166 valence electrons. The van der Waals surface area contributed by atoms with Gasteiger partial charge in [-0.1, -0.05) is 30.3 Å². The normalized spacial score (nSPS) is 35.1. The van der Waals surface area contributed by atoms with Crippen LogP contribution in [0.25, 0.3) is 0 Å². The monoisotopic (exact) mass is 408 g/mol. The summed E-state index contributed by atoms with van der Waals surface area (Å²) in [7, 11) is 1.78. The molecule has 3 aliphatic carbocycles. The Morgan fingerprint density at radius 2 is 1.20 bits per heavy atom. The van der Waals surface area contributed by atoms with Gasteiger partial charge in [-0.25, -0.2) is 0 Å². The van der Waals surface area contributed by atoms with Crippen LogP contribution in [0.1, 0.15) is 101 Å². The van der Waals surface area contributed by atoms with E-state index in [0.717, 1.165) is 42.1 Å². The van der Waals surface area contributed by atoms with E-state index in [1.165, 1.54) is 89.0 Å². The predicted molar refractivity (Wildman–Crippen MR) is 128 cm³/mol. The van der Waals surface area contributed by atoms with Crippen LogP contribution >= 0.6 is 0 Å². The first-order chi connectivity index (χ1) is 14.8. The zero-order valence-electron chi connectivity index (χ0n) is 19.4. The van der Waals surface area contributed by atoms with Gasteiger partial charge in [-0.3, -0.25) is 0 Å². The number of methoxy groups -OCH3 is 1. The molecular formula is C29H44O. The van der Waals surface area contributed by atoms with Gasteiger partial charge in [-0.15, -0.1) is 6.58 Å². The maximum Gasteiger partial charge on any atom is 0.0713 e. The number of ether oxygens (including phenoxy) is 1. The van der Waals surface area contributed by atoms with Gasteiger partial charge in [-0.05, 0) is 130 Å². The van der Waals surface area contributed by atoms with Crippen LogP contribution in [0.3, 0.4) is 0 Å². The second-order valence-electron chi connectivity index (χ2n) is 10.8. The van der Waals surface area contributed by atoms with E-state index in [1.54, 1.807) is 12.7 Å². The average Bonchev–Trinajstić information content (AvgIpc) is 2.81. The Labute approximate surface area is 185 Å². The first-order valence-electron chi connectivity index (χ1n) is 13.0. The summed E-state index contributed by atoms with van der Waals surface area (Å²) in [6.07, 6.45) is 21.2. The van der Waals surface area contributed by atoms with Crippen molar-refractivity contribution in [2.75, 3.05) is 7.11 Å². The van der Waals surface area contributed by atoms with E-state index in [1.807, 2.05) is 0 Å². The molecule has 3 saturated carbocycles. The van der Waals surface area contributed by atoms with E-state index < -0.39 is 0 Å². The van der Waals surface area contributed by atoms with Crippen LogP contribution in [-0.4, -0.2) is 7.11 Å². The van der Waals surface area contributed by atoms with Gasteiger partial charge in [0, 0.05) is 7.11 Å². The van der Waals surface area contributed by atoms with E-state index in [-0.39, 0.29) is 0 Å². The van der Waals surface area contributed by atoms with Gasteiger partial charge in [0.25, 0.3) is 0 Å². The van der Waals surface area contributed by atoms with E-state index in [0.29, 0.717) is 0 Å². The summed E-state index contributed by atoms with van der Waals surface area (Å²) in [5.41, 5.74) is 2.85. The Kier molecular flexibility index (Phi) is 8.10. The second-order valence-corrected chi connectivity index (χ2v) is 10.8. The zero-order valence-corrected chi connectivity index (χ0v) is 19.4. The molecule has 0 heterocycles. The lowest BCUT2D eigenvalue weighted by atomic mass is 9.64. The molecule has 0 amide bonds. The van der Waals surface area contributed by atoms with Gasteiger partial charge < -0.3 is 4.74 Å². The van der Waals surface area contributed by atoms with Crippen molar-refractivity contribution in [1.29, 1.82) is 0 Å². The third-order valence-electron chi connectivity index (χ3n) is 9.08. The highest BCUT2D eigenvalue weighted by atomic mass is 16.5. The van der Waals surface area contributed by atoms with Gasteiger partial charge in [0.2, 0.25) is 0 Å². The first-order valence-corrected chi connectivity index (χ1v) is 13.0. The largest absolute Gasteiger partial charge is 0.380 e. The molecule has 3 aliphatic rings. The highest BCUT2D eigenvalue weighted by molar-refractivity contribution is 5.25. The average molecular weight is 409 g/mol. The van der Waals surface area contributed by atoms with Gasteiger partial charge in [0.05, 0.1) is 6.61 Å². The molecule has 0 bridgehead atoms. The molecule has 1 aromatic carbocycles. The second kappa shape index (κ2) is 11.0. The van der Waals surface area contributed by atoms with Crippen molar-refractivity contribution in [3.8, 4) is 0 Å². The minimum Gasteiger partial charge on any atom is -0.380 e. The quantitative estimate of drug-likeness (QED) is 0.412. The van der Waals surface area contributed by atoms with Crippen molar-refractivity contribution in [2.24, 2.45) is 29.6 Å². The number of allylic oxidation sites excluding steroid dienone is 1. The SMILES string of the molecule is C=CCC1CCC(C2CCC(C3CCC(c4ccc(COC)cc4)CC3)CC2)CC1. The molecule has 0 saturated heterocycles. The molecule has 1 aromatic rings. The molecule has 0 radical (unpaired) electrons. The summed E-state index contributed by atoms with van der Waals surface area (Å²) in [6.45, 7) is 4.67. The molecule has 0 spiro atoms. The van der Waals surface area contributed by atoms with E-state index in [2.05, 4.69) is 36.9 Å². The maximum absolute atomic E-state index is 5.25. The van der Waals surface area contributed by atoms with Gasteiger partial charge >= 0.3 is 0 Å². The fraction of sp³-hybridized carbons (Fsp3) is 0.724. The van der Waals surface area contributed by atoms with Crippen LogP contribution in [-0.2, 0) is 11.3 Å². The third-order valence-corrected chi connectivity index (χ3v) is 9.08. The highest BCUT2D eigenvalue weighted by Crippen LogP contribution is 2.47. The molecular weight excluding hydrogens is 364 g/mol. The van der Waals surface area contributed by atoms with Crippen molar-refractivity contribution in [3.63, 3.8) is 0 Å². The molecule has 0 aliphatic heterocycles. The van der Waals surface area contributed by atoms with Crippen LogP contribution < -0.4 is 0 Å². The Balaban J connectivity index is 1.19. The van der Waals surface area contributed by atoms with Crippen molar-refractivity contribution in [1.82, 2.24) is 0 Å². The van der Waals surface area contributed by atoms with Crippen LogP contribution in [0, 0.1) is 29.6 Å². The molecule has 0 N–H and O–H groups in total. The smallest absolute Gasteiger partial charge is 0.0713 e. The lowest BCUT2D eigenvalue weighted by Gasteiger charge is -2.41. The fourth-order valence-electron chi connectivity index (χ4n) is 7.20. The molecule has 3 fully saturated rings. The number of benzene rings is 1. The number of rotatable bonds is 7. The van der Waals surface area contributed by atoms with Crippen LogP contribution in [0.2, 0.25) is 0 Å². The van der Waals surface area contributed by atoms with Crippen molar-refractivity contribution in [3.05, 3.63) is 48.0 Å². The lowest BCUT2D eigenvalue weighted by Crippen LogP contribution is -2.29. The van der Waals surface area contributed by atoms with E-state index >= 15 is 0 Å². The highest BCUT2D eigenvalue weighted by Gasteiger charge is 2.34. The predicted octanol–water partition coefficient (Wildman–Crippen LogP) is 8.30. The first kappa shape index (κ1) is 22.1. The summed E-state index contributed by atoms with van der Waals surface area (Å²) in [5, 5.41) is 0. The topological polar surface area (TPSA) is 9.23 Å². The Morgan fingerprint density at radius 3 is 1.67 bits per heavy atom. The van der Waals surface area contributed by atoms with Crippen LogP contribution in [0.5, 0.6) is 0 Å². The molecule has 30 heavy (non-hydrogen) atoms. The molecule has 1 heteroatoms. The van der Waals surface area contributed by atoms with Crippen molar-refractivity contribution < 1.29 is 4.74 Å². The van der Waals surface area contributed by atoms with Gasteiger partial charge in [-0.2, -0.15) is 0 Å². The zero-order chi connectivity index (χ0) is 20.8. The van der Waals surface area contributed by atoms with Crippen LogP contribution in [0.4, 0.5) is 0 Å². The standard InChI is InChI=1S/C29H44O/c1-3-4-22-5-9-24(10-6-22)26-13-17-28(18-14-26)29-19-15-27(16-20-29)25-11-7-23(8-12-25)21-30-2/h3,7-8,11-12,22,24,26-29H,1,4-6,9-10,13-21H2,2H3. The molecule has 4 rings (SSSR count). The minimum atomic E-state index is 0.728. The fourth-order valence-corrected chi connectivity index (χ4v) is 7.20. The summed E-state index contributed by atoms with van der Waals surface area (Å²) in [5.74, 6) is 5.87. The van der Waals surface area contributed by atoms with Crippen molar-refractivity contribution in [2.45, 2.75) is 96.0 Å². The van der Waals surface area contributed by atoms with Gasteiger partial charge in [0.1, 0.15) is 0 Å². The van der Waals surface area contributed by atoms with E-state index in [4.69, 9.17) is 4.74 Å². The summed E-state index contributed by atoms with van der Waals surface area (Å²) >= 11 is 0. The molecule has 0 unspecified atom stereocenters. The lowest BCUT2D eigenvalue weighted by molar-refractivity contribution is 0.110. The Hall–Kier alpha value is -1.08. The number of hydrogen-bond donors (Lipinski definition) is 0. The van der Waals surface area contributed by atoms with Crippen molar-refractivity contribution >= 4 is 0 Å². The summed E-state index contributed by atoms with van der Waals surface area (Å²) < 4.78 is 5.25. The van der Waals surface area contributed by atoms with Crippen LogP contribution in [0.15, 0.2) is 36.9 Å². The van der Waals surface area contributed by atoms with Gasteiger partial charge in [0.15, 0.2) is 0 Å². The number of hydrogen-bond acceptors (Lipinski definition) is 1. The molecule has 0 atom stereocenters. The Bertz CT molecular complexity index is 623. The Morgan fingerprint density at radius 1 is 0.733 bits per heavy atom. The third kappa shape index (κ3) is 5.58. The summed E-state index contributed by atoms with van der Waals surface area (Å²) in [6, 6.07) is 9.23.